The van der Waals surface area contributed by atoms with Crippen LogP contribution in [0.3, 0.4) is 0 Å². The summed E-state index contributed by atoms with van der Waals surface area (Å²) in [7, 11) is 0. The van der Waals surface area contributed by atoms with Gasteiger partial charge in [0.1, 0.15) is 6.10 Å². The number of rotatable bonds is 2. The Kier molecular flexibility index (Phi) is 3.96. The predicted octanol–water partition coefficient (Wildman–Crippen LogP) is 1.73. The molecule has 4 nitrogen and oxygen atoms in total. The molecule has 1 fully saturated rings. The fourth-order valence-corrected chi connectivity index (χ4v) is 3.30. The molecule has 0 bridgehead atoms. The summed E-state index contributed by atoms with van der Waals surface area (Å²) in [6.45, 7) is 1.83. The van der Waals surface area contributed by atoms with E-state index >= 15 is 0 Å². The molecule has 1 aromatic carbocycles. The van der Waals surface area contributed by atoms with E-state index in [0.717, 1.165) is 29.8 Å². The molecule has 2 atom stereocenters. The minimum Gasteiger partial charge on any atom is -0.364 e. The lowest BCUT2D eigenvalue weighted by Crippen LogP contribution is -2.42. The lowest BCUT2D eigenvalue weighted by molar-refractivity contribution is -0.143. The highest BCUT2D eigenvalue weighted by molar-refractivity contribution is 6.31. The van der Waals surface area contributed by atoms with Gasteiger partial charge < -0.3 is 15.4 Å². The van der Waals surface area contributed by atoms with Crippen LogP contribution in [0.1, 0.15) is 24.0 Å². The van der Waals surface area contributed by atoms with Gasteiger partial charge in [0.15, 0.2) is 0 Å². The van der Waals surface area contributed by atoms with Crippen LogP contribution >= 0.6 is 11.6 Å². The van der Waals surface area contributed by atoms with Gasteiger partial charge in [0.2, 0.25) is 0 Å². The number of halogens is 1. The van der Waals surface area contributed by atoms with Crippen LogP contribution in [0.25, 0.3) is 0 Å². The van der Waals surface area contributed by atoms with Crippen molar-refractivity contribution in [2.75, 3.05) is 13.1 Å². The zero-order valence-electron chi connectivity index (χ0n) is 11.3. The molecule has 1 amide bonds. The van der Waals surface area contributed by atoms with E-state index in [-0.39, 0.29) is 18.1 Å². The van der Waals surface area contributed by atoms with Gasteiger partial charge >= 0.3 is 0 Å². The lowest BCUT2D eigenvalue weighted by atomic mass is 9.99. The molecule has 0 aromatic heterocycles. The molecule has 2 aliphatic heterocycles. The molecule has 2 N–H and O–H groups in total. The Hall–Kier alpha value is -1.10. The van der Waals surface area contributed by atoms with Gasteiger partial charge in [-0.25, -0.2) is 0 Å². The first kappa shape index (κ1) is 13.9. The molecule has 2 aliphatic rings. The Morgan fingerprint density at radius 3 is 3.05 bits per heavy atom. The highest BCUT2D eigenvalue weighted by Crippen LogP contribution is 2.28. The smallest absolute Gasteiger partial charge is 0.252 e. The maximum atomic E-state index is 12.5. The molecule has 0 aliphatic carbocycles. The van der Waals surface area contributed by atoms with Crippen LogP contribution in [0.4, 0.5) is 0 Å². The third-order valence-corrected chi connectivity index (χ3v) is 4.52. The second kappa shape index (κ2) is 5.72. The molecule has 2 heterocycles. The van der Waals surface area contributed by atoms with Gasteiger partial charge in [-0.05, 0) is 36.5 Å². The van der Waals surface area contributed by atoms with E-state index in [1.807, 2.05) is 23.1 Å². The van der Waals surface area contributed by atoms with E-state index in [4.69, 9.17) is 22.1 Å². The summed E-state index contributed by atoms with van der Waals surface area (Å²) in [5, 5.41) is 0.801. The van der Waals surface area contributed by atoms with E-state index in [9.17, 15) is 4.79 Å². The molecule has 0 radical (unpaired) electrons. The van der Waals surface area contributed by atoms with Crippen LogP contribution in [-0.2, 0) is 22.5 Å². The first-order chi connectivity index (χ1) is 9.69. The second-order valence-electron chi connectivity index (χ2n) is 5.45. The number of fused-ring (bicyclic) bond motifs is 1. The van der Waals surface area contributed by atoms with Crippen LogP contribution < -0.4 is 5.73 Å². The number of hydrogen-bond donors (Lipinski definition) is 1. The minimum atomic E-state index is -0.315. The molecular formula is C15H19ClN2O2. The number of carbonyl (C=O) groups excluding carboxylic acids is 1. The largest absolute Gasteiger partial charge is 0.364 e. The van der Waals surface area contributed by atoms with Gasteiger partial charge in [-0.2, -0.15) is 0 Å². The summed E-state index contributed by atoms with van der Waals surface area (Å²) >= 11 is 6.19. The first-order valence-corrected chi connectivity index (χ1v) is 7.47. The summed E-state index contributed by atoms with van der Waals surface area (Å²) < 4.78 is 5.70. The zero-order valence-corrected chi connectivity index (χ0v) is 12.1. The van der Waals surface area contributed by atoms with Gasteiger partial charge in [0.05, 0.1) is 6.10 Å². The third-order valence-electron chi connectivity index (χ3n) is 4.17. The van der Waals surface area contributed by atoms with Crippen LogP contribution in [0.15, 0.2) is 18.2 Å². The average Bonchev–Trinajstić information content (AvgIpc) is 2.95. The van der Waals surface area contributed by atoms with Crippen LogP contribution in [-0.4, -0.2) is 36.1 Å². The van der Waals surface area contributed by atoms with Crippen molar-refractivity contribution in [3.8, 4) is 0 Å². The number of nitrogens with two attached hydrogens (primary N) is 1. The molecule has 108 valence electrons. The average molecular weight is 295 g/mol. The van der Waals surface area contributed by atoms with Crippen molar-refractivity contribution in [2.24, 2.45) is 5.73 Å². The standard InChI is InChI=1S/C15H19ClN2O2/c16-13-3-1-2-10-9-18(7-6-12(10)13)15(19)14-5-4-11(8-17)20-14/h1-3,11,14H,4-9,17H2/t11-,14+/m1/s1. The molecular weight excluding hydrogens is 276 g/mol. The fourth-order valence-electron chi connectivity index (χ4n) is 3.02. The summed E-state index contributed by atoms with van der Waals surface area (Å²) in [5.74, 6) is 0.0894. The van der Waals surface area contributed by atoms with Crippen molar-refractivity contribution < 1.29 is 9.53 Å². The maximum absolute atomic E-state index is 12.5. The molecule has 0 spiro atoms. The second-order valence-corrected chi connectivity index (χ2v) is 5.85. The van der Waals surface area contributed by atoms with E-state index in [1.165, 1.54) is 5.56 Å². The van der Waals surface area contributed by atoms with Crippen molar-refractivity contribution in [1.82, 2.24) is 4.90 Å². The lowest BCUT2D eigenvalue weighted by Gasteiger charge is -2.31. The highest BCUT2D eigenvalue weighted by atomic mass is 35.5. The summed E-state index contributed by atoms with van der Waals surface area (Å²) in [6, 6.07) is 5.88. The van der Waals surface area contributed by atoms with Crippen LogP contribution in [0.5, 0.6) is 0 Å². The number of amides is 1. The molecule has 0 saturated carbocycles. The van der Waals surface area contributed by atoms with E-state index in [2.05, 4.69) is 0 Å². The topological polar surface area (TPSA) is 55.6 Å². The van der Waals surface area contributed by atoms with Crippen LogP contribution in [0.2, 0.25) is 5.02 Å². The van der Waals surface area contributed by atoms with Gasteiger partial charge in [-0.1, -0.05) is 23.7 Å². The van der Waals surface area contributed by atoms with Crippen molar-refractivity contribution >= 4 is 17.5 Å². The first-order valence-electron chi connectivity index (χ1n) is 7.09. The molecule has 0 unspecified atom stereocenters. The van der Waals surface area contributed by atoms with Gasteiger partial charge in [0, 0.05) is 24.7 Å². The zero-order chi connectivity index (χ0) is 14.1. The number of nitrogens with zero attached hydrogens (tertiary/aromatic N) is 1. The molecule has 5 heteroatoms. The number of benzene rings is 1. The Balaban J connectivity index is 1.69. The van der Waals surface area contributed by atoms with Gasteiger partial charge in [-0.15, -0.1) is 0 Å². The summed E-state index contributed by atoms with van der Waals surface area (Å²) in [4.78, 5) is 14.4. The van der Waals surface area contributed by atoms with Crippen molar-refractivity contribution in [2.45, 2.75) is 38.0 Å². The Morgan fingerprint density at radius 2 is 2.30 bits per heavy atom. The number of carbonyl (C=O) groups is 1. The minimum absolute atomic E-state index is 0.0375. The normalized spacial score (nSPS) is 25.6. The van der Waals surface area contributed by atoms with Gasteiger partial charge in [-0.3, -0.25) is 4.79 Å². The molecule has 1 saturated heterocycles. The summed E-state index contributed by atoms with van der Waals surface area (Å²) in [5.41, 5.74) is 7.91. The molecule has 3 rings (SSSR count). The highest BCUT2D eigenvalue weighted by Gasteiger charge is 2.34. The maximum Gasteiger partial charge on any atom is 0.252 e. The monoisotopic (exact) mass is 294 g/mol. The van der Waals surface area contributed by atoms with Crippen LogP contribution in [0, 0.1) is 0 Å². The van der Waals surface area contributed by atoms with Crippen molar-refractivity contribution in [3.05, 3.63) is 34.3 Å². The van der Waals surface area contributed by atoms with Crippen molar-refractivity contribution in [3.63, 3.8) is 0 Å². The van der Waals surface area contributed by atoms with Gasteiger partial charge in [0.25, 0.3) is 5.91 Å². The number of ether oxygens (including phenoxy) is 1. The Morgan fingerprint density at radius 1 is 1.45 bits per heavy atom. The summed E-state index contributed by atoms with van der Waals surface area (Å²) in [6.07, 6.45) is 2.19. The van der Waals surface area contributed by atoms with E-state index in [1.54, 1.807) is 0 Å². The SMILES string of the molecule is NC[C@H]1CC[C@@H](C(=O)N2CCc3c(Cl)cccc3C2)O1. The fraction of sp³-hybridized carbons (Fsp3) is 0.533. The predicted molar refractivity (Wildman–Crippen MR) is 77.5 cm³/mol. The Bertz CT molecular complexity index is 521. The van der Waals surface area contributed by atoms with E-state index in [0.29, 0.717) is 19.6 Å². The quantitative estimate of drug-likeness (QED) is 0.904. The molecule has 1 aromatic rings. The van der Waals surface area contributed by atoms with E-state index < -0.39 is 0 Å². The third kappa shape index (κ3) is 2.55. The number of hydrogen-bond acceptors (Lipinski definition) is 3. The Labute approximate surface area is 123 Å². The van der Waals surface area contributed by atoms with Crippen molar-refractivity contribution in [1.29, 1.82) is 0 Å². The molecule has 20 heavy (non-hydrogen) atoms.